The predicted octanol–water partition coefficient (Wildman–Crippen LogP) is 6.54. The molecule has 6 nitrogen and oxygen atoms in total. The highest BCUT2D eigenvalue weighted by atomic mass is 35.5. The molecule has 0 saturated heterocycles. The Balaban J connectivity index is 1.30. The van der Waals surface area contributed by atoms with Crippen molar-refractivity contribution in [2.45, 2.75) is 24.4 Å². The van der Waals surface area contributed by atoms with Gasteiger partial charge in [0.05, 0.1) is 21.2 Å². The maximum absolute atomic E-state index is 13.8. The molecule has 6 rings (SSSR count). The molecule has 0 unspecified atom stereocenters. The van der Waals surface area contributed by atoms with Crippen LogP contribution in [-0.2, 0) is 29.5 Å². The first kappa shape index (κ1) is 25.7. The van der Waals surface area contributed by atoms with Crippen molar-refractivity contribution in [1.29, 1.82) is 0 Å². The van der Waals surface area contributed by atoms with Crippen LogP contribution >= 0.6 is 22.9 Å². The van der Waals surface area contributed by atoms with Gasteiger partial charge in [-0.25, -0.2) is 13.4 Å². The van der Waals surface area contributed by atoms with E-state index in [4.69, 9.17) is 11.6 Å². The Labute approximate surface area is 236 Å². The Morgan fingerprint density at radius 2 is 1.62 bits per heavy atom. The van der Waals surface area contributed by atoms with Crippen molar-refractivity contribution in [1.82, 2.24) is 9.29 Å². The lowest BCUT2D eigenvalue weighted by molar-refractivity contribution is 0.0985. The average molecular weight is 574 g/mol. The summed E-state index contributed by atoms with van der Waals surface area (Å²) in [6.07, 6.45) is 0.673. The van der Waals surface area contributed by atoms with E-state index in [9.17, 15) is 13.2 Å². The van der Waals surface area contributed by atoms with Gasteiger partial charge in [0.1, 0.15) is 5.52 Å². The predicted molar refractivity (Wildman–Crippen MR) is 156 cm³/mol. The number of para-hydroxylation sites is 1. The highest BCUT2D eigenvalue weighted by molar-refractivity contribution is 7.89. The molecule has 9 heteroatoms. The summed E-state index contributed by atoms with van der Waals surface area (Å²) in [5.41, 5.74) is 4.17. The van der Waals surface area contributed by atoms with Gasteiger partial charge in [-0.15, -0.1) is 0 Å². The summed E-state index contributed by atoms with van der Waals surface area (Å²) < 4.78 is 29.2. The van der Waals surface area contributed by atoms with E-state index in [1.807, 2.05) is 66.7 Å². The molecule has 0 bridgehead atoms. The largest absolute Gasteiger partial charge is 0.279 e. The number of carbonyl (C=O) groups is 1. The van der Waals surface area contributed by atoms with Crippen LogP contribution in [0.2, 0.25) is 5.02 Å². The molecule has 0 aliphatic carbocycles. The summed E-state index contributed by atoms with van der Waals surface area (Å²) in [6, 6.07) is 29.3. The monoisotopic (exact) mass is 573 g/mol. The number of fused-ring (bicyclic) bond motifs is 2. The summed E-state index contributed by atoms with van der Waals surface area (Å²) in [4.78, 5) is 20.3. The van der Waals surface area contributed by atoms with Crippen LogP contribution in [0.5, 0.6) is 0 Å². The lowest BCUT2D eigenvalue weighted by Crippen LogP contribution is -2.36. The average Bonchev–Trinajstić information content (AvgIpc) is 3.41. The molecule has 1 aromatic heterocycles. The molecule has 1 aliphatic rings. The van der Waals surface area contributed by atoms with Crippen molar-refractivity contribution in [3.8, 4) is 0 Å². The second-order valence-corrected chi connectivity index (χ2v) is 12.7. The van der Waals surface area contributed by atoms with Gasteiger partial charge in [-0.3, -0.25) is 9.69 Å². The minimum absolute atomic E-state index is 0.166. The molecule has 2 heterocycles. The second-order valence-electron chi connectivity index (χ2n) is 9.34. The van der Waals surface area contributed by atoms with E-state index in [0.717, 1.165) is 15.8 Å². The van der Waals surface area contributed by atoms with Crippen LogP contribution in [-0.4, -0.2) is 30.2 Å². The van der Waals surface area contributed by atoms with Crippen LogP contribution in [0.3, 0.4) is 0 Å². The molecule has 1 aliphatic heterocycles. The number of hydrogen-bond donors (Lipinski definition) is 0. The molecule has 0 atom stereocenters. The van der Waals surface area contributed by atoms with Crippen LogP contribution in [0.15, 0.2) is 102 Å². The number of halogens is 1. The summed E-state index contributed by atoms with van der Waals surface area (Å²) in [5, 5.41) is 1.05. The molecule has 0 radical (unpaired) electrons. The number of sulfonamides is 1. The number of nitrogens with zero attached hydrogens (tertiary/aromatic N) is 3. The molecule has 1 amide bonds. The number of amides is 1. The van der Waals surface area contributed by atoms with E-state index in [2.05, 4.69) is 4.98 Å². The fourth-order valence-corrected chi connectivity index (χ4v) is 7.44. The van der Waals surface area contributed by atoms with Gasteiger partial charge in [-0.05, 0) is 59.5 Å². The van der Waals surface area contributed by atoms with E-state index in [1.165, 1.54) is 33.3 Å². The van der Waals surface area contributed by atoms with Crippen LogP contribution < -0.4 is 4.90 Å². The molecular weight excluding hydrogens is 550 g/mol. The molecule has 5 aromatic rings. The van der Waals surface area contributed by atoms with Gasteiger partial charge in [-0.2, -0.15) is 4.31 Å². The van der Waals surface area contributed by atoms with Crippen LogP contribution in [0, 0.1) is 0 Å². The van der Waals surface area contributed by atoms with Crippen molar-refractivity contribution >= 4 is 54.2 Å². The fourth-order valence-electron chi connectivity index (χ4n) is 4.76. The zero-order valence-electron chi connectivity index (χ0n) is 20.8. The summed E-state index contributed by atoms with van der Waals surface area (Å²) >= 11 is 7.75. The molecule has 0 saturated carbocycles. The Morgan fingerprint density at radius 1 is 0.897 bits per heavy atom. The molecule has 0 fully saturated rings. The lowest BCUT2D eigenvalue weighted by atomic mass is 10.0. The number of thiazole rings is 1. The molecule has 0 N–H and O–H groups in total. The summed E-state index contributed by atoms with van der Waals surface area (Å²) in [7, 11) is -3.71. The van der Waals surface area contributed by atoms with E-state index in [1.54, 1.807) is 23.1 Å². The Morgan fingerprint density at radius 3 is 2.36 bits per heavy atom. The van der Waals surface area contributed by atoms with Crippen molar-refractivity contribution < 1.29 is 13.2 Å². The van der Waals surface area contributed by atoms with Gasteiger partial charge in [0.2, 0.25) is 10.0 Å². The van der Waals surface area contributed by atoms with Gasteiger partial charge in [0.15, 0.2) is 5.13 Å². The molecule has 39 heavy (non-hydrogen) atoms. The first-order chi connectivity index (χ1) is 18.9. The van der Waals surface area contributed by atoms with Crippen LogP contribution in [0.25, 0.3) is 10.2 Å². The number of hydrogen-bond acceptors (Lipinski definition) is 5. The highest BCUT2D eigenvalue weighted by Gasteiger charge is 2.29. The van der Waals surface area contributed by atoms with E-state index in [0.29, 0.717) is 47.3 Å². The first-order valence-corrected chi connectivity index (χ1v) is 15.1. The minimum atomic E-state index is -3.71. The fraction of sp³-hybridized carbons (Fsp3) is 0.133. The third-order valence-electron chi connectivity index (χ3n) is 6.85. The third-order valence-corrected chi connectivity index (χ3v) is 10.1. The Hall–Kier alpha value is -3.56. The van der Waals surface area contributed by atoms with Crippen LogP contribution in [0.4, 0.5) is 5.13 Å². The van der Waals surface area contributed by atoms with E-state index in [-0.39, 0.29) is 10.8 Å². The Bertz CT molecular complexity index is 1770. The van der Waals surface area contributed by atoms with E-state index < -0.39 is 10.0 Å². The zero-order chi connectivity index (χ0) is 27.0. The lowest BCUT2D eigenvalue weighted by Gasteiger charge is -2.28. The first-order valence-electron chi connectivity index (χ1n) is 12.5. The van der Waals surface area contributed by atoms with Gasteiger partial charge in [-0.1, -0.05) is 83.6 Å². The van der Waals surface area contributed by atoms with Crippen molar-refractivity contribution in [3.63, 3.8) is 0 Å². The van der Waals surface area contributed by atoms with Crippen molar-refractivity contribution in [2.24, 2.45) is 0 Å². The van der Waals surface area contributed by atoms with Crippen LogP contribution in [0.1, 0.15) is 27.0 Å². The standard InChI is InChI=1S/C30H24ClN3O3S2/c31-26-11-6-12-27-28(26)32-30(38-27)34(19-21-7-2-1-3-8-21)29(35)23-13-15-25(16-14-23)39(36,37)33-18-17-22-9-4-5-10-24(22)20-33/h1-16H,17-20H2. The smallest absolute Gasteiger partial charge is 0.260 e. The summed E-state index contributed by atoms with van der Waals surface area (Å²) in [5.74, 6) is -0.273. The molecule has 4 aromatic carbocycles. The van der Waals surface area contributed by atoms with Crippen molar-refractivity contribution in [3.05, 3.63) is 124 Å². The molecular formula is C30H24ClN3O3S2. The zero-order valence-corrected chi connectivity index (χ0v) is 23.2. The van der Waals surface area contributed by atoms with Gasteiger partial charge in [0.25, 0.3) is 5.91 Å². The second kappa shape index (κ2) is 10.5. The third kappa shape index (κ3) is 5.08. The number of anilines is 1. The quantitative estimate of drug-likeness (QED) is 0.231. The normalized spacial score (nSPS) is 13.8. The van der Waals surface area contributed by atoms with Gasteiger partial charge >= 0.3 is 0 Å². The van der Waals surface area contributed by atoms with Gasteiger partial charge < -0.3 is 0 Å². The SMILES string of the molecule is O=C(c1ccc(S(=O)(=O)N2CCc3ccccc3C2)cc1)N(Cc1ccccc1)c1nc2c(Cl)cccc2s1. The van der Waals surface area contributed by atoms with E-state index >= 15 is 0 Å². The minimum Gasteiger partial charge on any atom is -0.279 e. The number of carbonyl (C=O) groups excluding carboxylic acids is 1. The topological polar surface area (TPSA) is 70.6 Å². The maximum atomic E-state index is 13.8. The maximum Gasteiger partial charge on any atom is 0.260 e. The Kier molecular flexibility index (Phi) is 6.95. The number of rotatable bonds is 6. The number of aromatic nitrogens is 1. The highest BCUT2D eigenvalue weighted by Crippen LogP contribution is 2.34. The van der Waals surface area contributed by atoms with Crippen molar-refractivity contribution in [2.75, 3.05) is 11.4 Å². The summed E-state index contributed by atoms with van der Waals surface area (Å²) in [6.45, 7) is 1.07. The molecule has 196 valence electrons. The van der Waals surface area contributed by atoms with Gasteiger partial charge in [0, 0.05) is 18.7 Å². The molecule has 0 spiro atoms. The number of benzene rings is 4.